The SMILES string of the molecule is CCc1c2c(nc3ccc(OCCCNC(=O)OCc4ccc(NC(=O)[C@H](CCCCNC(c5ccccc5)(c5ccccc5)c5ccc(C)cc5)NC(=O)[C@@H](NC(=O)CCOCCOCCOCCOCCOCCOCCOCCOCCOCCN=[N+]=[N-])C(C)C)cc4)cc13)-c1cc3c(c(=O)n1C2)COC(=O)[C@]3(O)CC. The van der Waals surface area contributed by atoms with Gasteiger partial charge in [-0.1, -0.05) is 135 Å². The number of unbranched alkanes of at least 4 members (excludes halogenated alkanes) is 1. The smallest absolute Gasteiger partial charge is 0.407 e. The first-order valence-electron chi connectivity index (χ1n) is 39.4. The maximum absolute atomic E-state index is 14.5. The summed E-state index contributed by atoms with van der Waals surface area (Å²) in [6, 6.07) is 41.4. The van der Waals surface area contributed by atoms with Crippen LogP contribution in [0.15, 0.2) is 143 Å². The molecule has 0 aliphatic carbocycles. The van der Waals surface area contributed by atoms with Gasteiger partial charge in [-0.3, -0.25) is 24.5 Å². The average molecular weight is 1580 g/mol. The van der Waals surface area contributed by atoms with Crippen LogP contribution in [0.5, 0.6) is 5.75 Å². The van der Waals surface area contributed by atoms with Gasteiger partial charge in [0.05, 0.1) is 160 Å². The zero-order valence-corrected chi connectivity index (χ0v) is 66.1. The minimum absolute atomic E-state index is 0.0113. The van der Waals surface area contributed by atoms with E-state index in [1.165, 1.54) is 0 Å². The number of amides is 4. The van der Waals surface area contributed by atoms with E-state index in [0.717, 1.165) is 38.8 Å². The van der Waals surface area contributed by atoms with Crippen LogP contribution in [0.3, 0.4) is 0 Å². The molecule has 0 bridgehead atoms. The van der Waals surface area contributed by atoms with Gasteiger partial charge < -0.3 is 87.8 Å². The maximum atomic E-state index is 14.5. The number of pyridine rings is 2. The summed E-state index contributed by atoms with van der Waals surface area (Å²) in [7, 11) is 0. The quantitative estimate of drug-likeness (QED) is 0.00515. The molecule has 0 saturated carbocycles. The minimum atomic E-state index is -1.92. The summed E-state index contributed by atoms with van der Waals surface area (Å²) >= 11 is 0. The van der Waals surface area contributed by atoms with Crippen molar-refractivity contribution < 1.29 is 85.9 Å². The fraction of sp³-hybridized carbons (Fsp3) is 0.494. The zero-order chi connectivity index (χ0) is 80.8. The Hall–Kier alpha value is -9.72. The number of azide groups is 1. The first-order valence-corrected chi connectivity index (χ1v) is 39.4. The van der Waals surface area contributed by atoms with Gasteiger partial charge in [0.1, 0.15) is 31.0 Å². The predicted molar refractivity (Wildman–Crippen MR) is 428 cm³/mol. The van der Waals surface area contributed by atoms with Gasteiger partial charge in [-0.25, -0.2) is 14.6 Å². The molecule has 0 spiro atoms. The molecule has 9 rings (SSSR count). The highest BCUT2D eigenvalue weighted by molar-refractivity contribution is 5.98. The van der Waals surface area contributed by atoms with Crippen molar-refractivity contribution in [3.8, 4) is 17.1 Å². The summed E-state index contributed by atoms with van der Waals surface area (Å²) in [6.07, 6.45) is 1.97. The fourth-order valence-corrected chi connectivity index (χ4v) is 13.4. The lowest BCUT2D eigenvalue weighted by Crippen LogP contribution is -2.54. The lowest BCUT2D eigenvalue weighted by Gasteiger charge is -2.37. The minimum Gasteiger partial charge on any atom is -0.494 e. The van der Waals surface area contributed by atoms with E-state index in [2.05, 4.69) is 92.1 Å². The highest BCUT2D eigenvalue weighted by Crippen LogP contribution is 2.42. The van der Waals surface area contributed by atoms with Crippen molar-refractivity contribution in [1.29, 1.82) is 0 Å². The second-order valence-corrected chi connectivity index (χ2v) is 27.8. The Bertz CT molecular complexity index is 4240. The van der Waals surface area contributed by atoms with E-state index in [9.17, 15) is 33.9 Å². The van der Waals surface area contributed by atoms with Crippen LogP contribution in [0.2, 0.25) is 0 Å². The first kappa shape index (κ1) is 88.2. The number of rotatable bonds is 54. The lowest BCUT2D eigenvalue weighted by atomic mass is 9.76. The van der Waals surface area contributed by atoms with Crippen molar-refractivity contribution >= 4 is 46.4 Å². The van der Waals surface area contributed by atoms with Gasteiger partial charge in [0.15, 0.2) is 5.60 Å². The summed E-state index contributed by atoms with van der Waals surface area (Å²) < 4.78 is 68.3. The number of cyclic esters (lactones) is 1. The van der Waals surface area contributed by atoms with E-state index in [0.29, 0.717) is 172 Å². The molecule has 0 unspecified atom stereocenters. The number of aryl methyl sites for hydroxylation is 2. The van der Waals surface area contributed by atoms with Gasteiger partial charge in [0, 0.05) is 46.6 Å². The number of fused-ring (bicyclic) bond motifs is 5. The number of carbonyl (C=O) groups is 5. The molecule has 6 N–H and O–H groups in total. The number of aliphatic hydroxyl groups is 1. The van der Waals surface area contributed by atoms with E-state index in [-0.39, 0.29) is 94.6 Å². The Kier molecular flexibility index (Phi) is 36.5. The van der Waals surface area contributed by atoms with E-state index < -0.39 is 53.0 Å². The summed E-state index contributed by atoms with van der Waals surface area (Å²) in [4.78, 5) is 89.3. The second-order valence-electron chi connectivity index (χ2n) is 27.8. The molecule has 4 amide bonds. The number of nitrogens with one attached hydrogen (secondary N) is 5. The molecule has 0 fully saturated rings. The van der Waals surface area contributed by atoms with Crippen LogP contribution in [0, 0.1) is 12.8 Å². The highest BCUT2D eigenvalue weighted by Gasteiger charge is 2.46. The predicted octanol–water partition coefficient (Wildman–Crippen LogP) is 9.81. The molecule has 3 atom stereocenters. The topological polar surface area (TPSA) is 360 Å². The molecule has 114 heavy (non-hydrogen) atoms. The van der Waals surface area contributed by atoms with Gasteiger partial charge in [0.25, 0.3) is 5.56 Å². The van der Waals surface area contributed by atoms with Gasteiger partial charge >= 0.3 is 12.1 Å². The summed E-state index contributed by atoms with van der Waals surface area (Å²) in [5.74, 6) is -1.86. The molecular formula is C85H110N10O19. The molecule has 0 saturated heterocycles. The molecule has 5 aromatic carbocycles. The van der Waals surface area contributed by atoms with E-state index in [1.807, 2.05) is 75.4 Å². The Balaban J connectivity index is 0.690. The molecule has 29 heteroatoms. The van der Waals surface area contributed by atoms with Gasteiger partial charge in [-0.15, -0.1) is 0 Å². The number of carbonyl (C=O) groups excluding carboxylic acids is 5. The molecule has 2 aliphatic heterocycles. The Morgan fingerprint density at radius 2 is 1.22 bits per heavy atom. The van der Waals surface area contributed by atoms with Gasteiger partial charge in [-0.2, -0.15) is 0 Å². The monoisotopic (exact) mass is 1570 g/mol. The fourth-order valence-electron chi connectivity index (χ4n) is 13.4. The van der Waals surface area contributed by atoms with Crippen molar-refractivity contribution in [2.24, 2.45) is 11.0 Å². The van der Waals surface area contributed by atoms with Crippen LogP contribution in [-0.4, -0.2) is 202 Å². The largest absolute Gasteiger partial charge is 0.494 e. The number of anilines is 1. The van der Waals surface area contributed by atoms with Gasteiger partial charge in [0.2, 0.25) is 17.7 Å². The Morgan fingerprint density at radius 1 is 0.649 bits per heavy atom. The summed E-state index contributed by atoms with van der Waals surface area (Å²) in [6.45, 7) is 17.7. The molecule has 29 nitrogen and oxygen atoms in total. The number of benzene rings is 5. The maximum Gasteiger partial charge on any atom is 0.407 e. The summed E-state index contributed by atoms with van der Waals surface area (Å²) in [5, 5.41) is 31.2. The van der Waals surface area contributed by atoms with Crippen molar-refractivity contribution in [1.82, 2.24) is 30.8 Å². The van der Waals surface area contributed by atoms with E-state index >= 15 is 0 Å². The molecule has 4 heterocycles. The van der Waals surface area contributed by atoms with Crippen LogP contribution < -0.4 is 36.9 Å². The molecule has 7 aromatic rings. The summed E-state index contributed by atoms with van der Waals surface area (Å²) in [5.41, 5.74) is 15.0. The van der Waals surface area contributed by atoms with Crippen LogP contribution in [-0.2, 0) is 109 Å². The number of alkyl carbamates (subject to hydrolysis) is 1. The Morgan fingerprint density at radius 3 is 1.78 bits per heavy atom. The van der Waals surface area contributed by atoms with Crippen LogP contribution in [0.25, 0.3) is 32.7 Å². The van der Waals surface area contributed by atoms with Crippen molar-refractivity contribution in [3.05, 3.63) is 204 Å². The molecule has 0 radical (unpaired) electrons. The first-order chi connectivity index (χ1) is 55.6. The van der Waals surface area contributed by atoms with Gasteiger partial charge in [-0.05, 0) is 128 Å². The molecular weight excluding hydrogens is 1460 g/mol. The number of esters is 1. The Labute approximate surface area is 665 Å². The molecule has 614 valence electrons. The highest BCUT2D eigenvalue weighted by atomic mass is 16.6. The number of ether oxygens (including phenoxy) is 12. The van der Waals surface area contributed by atoms with Crippen LogP contribution >= 0.6 is 0 Å². The lowest BCUT2D eigenvalue weighted by molar-refractivity contribution is -0.172. The average Bonchev–Trinajstić information content (AvgIpc) is 1.41. The normalized spacial score (nSPS) is 14.1. The number of hydrogen-bond acceptors (Lipinski definition) is 22. The van der Waals surface area contributed by atoms with Crippen molar-refractivity contribution in [2.75, 3.05) is 150 Å². The third kappa shape index (κ3) is 25.9. The van der Waals surface area contributed by atoms with E-state index in [1.54, 1.807) is 41.8 Å². The second kappa shape index (κ2) is 47.2. The third-order valence-electron chi connectivity index (χ3n) is 19.5. The number of aromatic nitrogens is 2. The van der Waals surface area contributed by atoms with Crippen LogP contribution in [0.4, 0.5) is 10.5 Å². The van der Waals surface area contributed by atoms with Crippen molar-refractivity contribution in [2.45, 2.75) is 123 Å². The standard InChI is InChI=1S/C85H110N10O19/c1-6-68-69-55-67(30-31-73(69)91-78-70(68)57-95-75(78)56-72-71(81(95)99)59-113-82(100)84(72,102)7-2)112-36-16-33-87-83(101)114-58-62-24-28-66(29-25-62)90-79(97)74(21-14-15-34-88-85(63-17-10-8-11-18-63,64-19-12-9-13-20-64)65-26-22-61(5)23-27-65)92-80(98)77(60(3)4)93-76(96)32-37-103-39-41-105-43-45-107-47-49-109-51-53-111-54-52-110-50-48-108-46-44-106-42-40-104-38-35-89-94-86/h8-13,17-20,22-31,55-56,60,74,77,88,102H,6-7,14-16,21,32-54,57-59H2,1-5H3,(H,87,101)(H,90,97)(H,92,98)(H,93,96)/t74-,77-,84-/m0/s1. The van der Waals surface area contributed by atoms with E-state index in [4.69, 9.17) is 67.4 Å². The number of nitrogens with zero attached hydrogens (tertiary/aromatic N) is 5. The zero-order valence-electron chi connectivity index (χ0n) is 66.1. The van der Waals surface area contributed by atoms with Crippen LogP contribution in [0.1, 0.15) is 116 Å². The molecule has 2 aliphatic rings. The molecule has 2 aromatic heterocycles. The number of hydrogen-bond donors (Lipinski definition) is 6. The third-order valence-corrected chi connectivity index (χ3v) is 19.5. The van der Waals surface area contributed by atoms with Crippen molar-refractivity contribution in [3.63, 3.8) is 0 Å².